The molecule has 0 unspecified atom stereocenters. The van der Waals surface area contributed by atoms with Gasteiger partial charge in [0.2, 0.25) is 5.90 Å². The van der Waals surface area contributed by atoms with Gasteiger partial charge in [-0.05, 0) is 74.2 Å². The smallest absolute Gasteiger partial charge is 0.363 e. The molecule has 27 heavy (non-hydrogen) atoms. The predicted octanol–water partition coefficient (Wildman–Crippen LogP) is 5.18. The minimum Gasteiger partial charge on any atom is -0.424 e. The van der Waals surface area contributed by atoms with Gasteiger partial charge in [-0.15, -0.1) is 0 Å². The van der Waals surface area contributed by atoms with E-state index in [4.69, 9.17) is 9.47 Å². The van der Waals surface area contributed by atoms with Crippen molar-refractivity contribution in [2.75, 3.05) is 0 Å². The van der Waals surface area contributed by atoms with E-state index in [1.165, 1.54) is 0 Å². The molecule has 3 rings (SSSR count). The minimum atomic E-state index is -0.512. The highest BCUT2D eigenvalue weighted by atomic mass is 79.9. The molecule has 0 aliphatic carbocycles. The zero-order valence-corrected chi connectivity index (χ0v) is 17.8. The number of halogens is 2. The Kier molecular flexibility index (Phi) is 5.92. The molecule has 0 N–H and O–H groups in total. The Morgan fingerprint density at radius 1 is 1.22 bits per heavy atom. The fraction of sp³-hybridized carbons (Fsp3) is 0.150. The summed E-state index contributed by atoms with van der Waals surface area (Å²) in [5, 5.41) is 0. The fourth-order valence-electron chi connectivity index (χ4n) is 2.44. The lowest BCUT2D eigenvalue weighted by molar-refractivity contribution is -0.134. The van der Waals surface area contributed by atoms with Gasteiger partial charge in [0.25, 0.3) is 0 Å². The monoisotopic (exact) mass is 491 g/mol. The summed E-state index contributed by atoms with van der Waals surface area (Å²) in [7, 11) is 0. The van der Waals surface area contributed by atoms with E-state index in [-0.39, 0.29) is 24.0 Å². The molecule has 0 spiro atoms. The van der Waals surface area contributed by atoms with E-state index < -0.39 is 5.97 Å². The van der Waals surface area contributed by atoms with Gasteiger partial charge in [-0.25, -0.2) is 9.79 Å². The quantitative estimate of drug-likeness (QED) is 0.335. The summed E-state index contributed by atoms with van der Waals surface area (Å²) in [6, 6.07) is 11.0. The number of rotatable bonds is 4. The first-order valence-electron chi connectivity index (χ1n) is 8.17. The predicted molar refractivity (Wildman–Crippen MR) is 110 cm³/mol. The normalized spacial score (nSPS) is 14.9. The number of hydrogen-bond acceptors (Lipinski definition) is 5. The Bertz CT molecular complexity index is 972. The number of ether oxygens (including phenoxy) is 2. The highest BCUT2D eigenvalue weighted by Gasteiger charge is 2.25. The van der Waals surface area contributed by atoms with Crippen LogP contribution in [0.15, 0.2) is 56.0 Å². The zero-order chi connectivity index (χ0) is 19.6. The average Bonchev–Trinajstić information content (AvgIpc) is 2.98. The fourth-order valence-corrected chi connectivity index (χ4v) is 3.83. The van der Waals surface area contributed by atoms with Crippen LogP contribution in [0.4, 0.5) is 0 Å². The number of hydrogen-bond donors (Lipinski definition) is 0. The van der Waals surface area contributed by atoms with E-state index >= 15 is 0 Å². The average molecular weight is 493 g/mol. The van der Waals surface area contributed by atoms with Crippen molar-refractivity contribution in [1.29, 1.82) is 0 Å². The van der Waals surface area contributed by atoms with Gasteiger partial charge in [-0.1, -0.05) is 25.1 Å². The number of aliphatic imine (C=N–C) groups is 1. The zero-order valence-electron chi connectivity index (χ0n) is 14.6. The van der Waals surface area contributed by atoms with E-state index in [0.29, 0.717) is 20.3 Å². The number of carbonyl (C=O) groups is 2. The van der Waals surface area contributed by atoms with Gasteiger partial charge in [0, 0.05) is 12.0 Å². The highest BCUT2D eigenvalue weighted by molar-refractivity contribution is 9.11. The summed E-state index contributed by atoms with van der Waals surface area (Å²) in [4.78, 5) is 28.1. The molecule has 0 fully saturated rings. The van der Waals surface area contributed by atoms with Crippen LogP contribution in [-0.4, -0.2) is 17.8 Å². The van der Waals surface area contributed by atoms with E-state index in [0.717, 1.165) is 11.1 Å². The molecule has 0 aromatic heterocycles. The minimum absolute atomic E-state index is 0.199. The maximum Gasteiger partial charge on any atom is 0.363 e. The largest absolute Gasteiger partial charge is 0.424 e. The standard InChI is InChI=1S/C20H15Br2NO4/c1-3-17(24)26-18-14(21)8-12(9-15(18)22)10-16-20(25)27-19(23-16)13-7-5-4-6-11(13)2/h4-10H,3H2,1-2H3/b16-10-. The van der Waals surface area contributed by atoms with Crippen LogP contribution in [0.3, 0.4) is 0 Å². The van der Waals surface area contributed by atoms with E-state index in [1.807, 2.05) is 31.2 Å². The molecule has 138 valence electrons. The lowest BCUT2D eigenvalue weighted by Gasteiger charge is -2.09. The van der Waals surface area contributed by atoms with Gasteiger partial charge in [-0.2, -0.15) is 0 Å². The molecule has 1 aliphatic rings. The van der Waals surface area contributed by atoms with Crippen molar-refractivity contribution in [1.82, 2.24) is 0 Å². The Hall–Kier alpha value is -2.25. The first-order valence-corrected chi connectivity index (χ1v) is 9.76. The third-order valence-corrected chi connectivity index (χ3v) is 5.00. The first-order chi connectivity index (χ1) is 12.9. The van der Waals surface area contributed by atoms with Gasteiger partial charge in [0.05, 0.1) is 8.95 Å². The van der Waals surface area contributed by atoms with Gasteiger partial charge >= 0.3 is 11.9 Å². The first kappa shape index (κ1) is 19.5. The number of esters is 2. The molecule has 0 radical (unpaired) electrons. The molecule has 0 saturated heterocycles. The van der Waals surface area contributed by atoms with E-state index in [2.05, 4.69) is 36.9 Å². The second kappa shape index (κ2) is 8.19. The van der Waals surface area contributed by atoms with Gasteiger partial charge in [0.1, 0.15) is 0 Å². The highest BCUT2D eigenvalue weighted by Crippen LogP contribution is 2.36. The van der Waals surface area contributed by atoms with Gasteiger partial charge in [0.15, 0.2) is 11.4 Å². The van der Waals surface area contributed by atoms with Crippen molar-refractivity contribution in [2.24, 2.45) is 4.99 Å². The molecule has 0 atom stereocenters. The van der Waals surface area contributed by atoms with Crippen LogP contribution in [0.1, 0.15) is 30.0 Å². The molecule has 2 aromatic rings. The summed E-state index contributed by atoms with van der Waals surface area (Å²) < 4.78 is 11.8. The van der Waals surface area contributed by atoms with Crippen molar-refractivity contribution in [2.45, 2.75) is 20.3 Å². The lowest BCUT2D eigenvalue weighted by Crippen LogP contribution is -2.07. The number of aryl methyl sites for hydroxylation is 1. The molecular formula is C20H15Br2NO4. The third kappa shape index (κ3) is 4.36. The van der Waals surface area contributed by atoms with Crippen molar-refractivity contribution >= 4 is 55.8 Å². The molecule has 0 bridgehead atoms. The second-order valence-electron chi connectivity index (χ2n) is 5.79. The summed E-state index contributed by atoms with van der Waals surface area (Å²) in [5.41, 5.74) is 2.65. The van der Waals surface area contributed by atoms with Gasteiger partial charge in [-0.3, -0.25) is 4.79 Å². The Morgan fingerprint density at radius 2 is 1.89 bits per heavy atom. The number of benzene rings is 2. The summed E-state index contributed by atoms with van der Waals surface area (Å²) >= 11 is 6.78. The number of nitrogens with zero attached hydrogens (tertiary/aromatic N) is 1. The molecule has 7 heteroatoms. The molecule has 0 amide bonds. The van der Waals surface area contributed by atoms with Crippen LogP contribution in [0.2, 0.25) is 0 Å². The van der Waals surface area contributed by atoms with Crippen molar-refractivity contribution in [3.05, 3.63) is 67.7 Å². The Labute approximate surface area is 173 Å². The molecule has 0 saturated carbocycles. The van der Waals surface area contributed by atoms with E-state index in [9.17, 15) is 9.59 Å². The SMILES string of the molecule is CCC(=O)Oc1c(Br)cc(/C=C2\N=C(c3ccccc3C)OC2=O)cc1Br. The molecule has 1 heterocycles. The summed E-state index contributed by atoms with van der Waals surface area (Å²) in [6.07, 6.45) is 1.89. The molecule has 2 aromatic carbocycles. The Morgan fingerprint density at radius 3 is 2.52 bits per heavy atom. The van der Waals surface area contributed by atoms with Crippen molar-refractivity contribution in [3.8, 4) is 5.75 Å². The maximum atomic E-state index is 12.2. The topological polar surface area (TPSA) is 65.0 Å². The number of cyclic esters (lactones) is 1. The van der Waals surface area contributed by atoms with Gasteiger partial charge < -0.3 is 9.47 Å². The van der Waals surface area contributed by atoms with Crippen molar-refractivity contribution in [3.63, 3.8) is 0 Å². The number of carbonyl (C=O) groups excluding carboxylic acids is 2. The van der Waals surface area contributed by atoms with Crippen LogP contribution in [0, 0.1) is 6.92 Å². The van der Waals surface area contributed by atoms with E-state index in [1.54, 1.807) is 25.1 Å². The van der Waals surface area contributed by atoms with Crippen LogP contribution in [0.25, 0.3) is 6.08 Å². The lowest BCUT2D eigenvalue weighted by atomic mass is 10.1. The second-order valence-corrected chi connectivity index (χ2v) is 7.50. The van der Waals surface area contributed by atoms with Crippen LogP contribution in [-0.2, 0) is 14.3 Å². The van der Waals surface area contributed by atoms with Crippen molar-refractivity contribution < 1.29 is 19.1 Å². The van der Waals surface area contributed by atoms with Crippen LogP contribution in [0.5, 0.6) is 5.75 Å². The Balaban J connectivity index is 1.93. The summed E-state index contributed by atoms with van der Waals surface area (Å²) in [6.45, 7) is 3.65. The summed E-state index contributed by atoms with van der Waals surface area (Å²) in [5.74, 6) is -0.172. The third-order valence-electron chi connectivity index (χ3n) is 3.82. The molecular weight excluding hydrogens is 478 g/mol. The maximum absolute atomic E-state index is 12.2. The molecule has 5 nitrogen and oxygen atoms in total. The van der Waals surface area contributed by atoms with Crippen LogP contribution >= 0.6 is 31.9 Å². The van der Waals surface area contributed by atoms with Crippen LogP contribution < -0.4 is 4.74 Å². The molecule has 1 aliphatic heterocycles.